The van der Waals surface area contributed by atoms with Crippen molar-refractivity contribution in [3.63, 3.8) is 0 Å². The first-order valence-corrected chi connectivity index (χ1v) is 5.62. The lowest BCUT2D eigenvalue weighted by Gasteiger charge is -2.04. The highest BCUT2D eigenvalue weighted by molar-refractivity contribution is 5.90. The van der Waals surface area contributed by atoms with E-state index in [2.05, 4.69) is 15.6 Å². The number of nitro benzene ring substituents is 1. The first kappa shape index (κ1) is 13.6. The zero-order chi connectivity index (χ0) is 14.5. The SMILES string of the molecule is O=C(Cn1cc(CO)nn1)Nc1ccc([N+](=O)[O-])cc1. The summed E-state index contributed by atoms with van der Waals surface area (Å²) in [5, 5.41) is 29.2. The summed E-state index contributed by atoms with van der Waals surface area (Å²) in [5.41, 5.74) is 0.767. The van der Waals surface area contributed by atoms with E-state index in [1.54, 1.807) is 0 Å². The molecule has 2 rings (SSSR count). The summed E-state index contributed by atoms with van der Waals surface area (Å²) < 4.78 is 1.28. The van der Waals surface area contributed by atoms with Gasteiger partial charge in [0, 0.05) is 17.8 Å². The molecule has 1 amide bonds. The van der Waals surface area contributed by atoms with Crippen molar-refractivity contribution in [3.8, 4) is 0 Å². The second kappa shape index (κ2) is 5.89. The highest BCUT2D eigenvalue weighted by Gasteiger charge is 2.08. The summed E-state index contributed by atoms with van der Waals surface area (Å²) in [6, 6.07) is 5.48. The van der Waals surface area contributed by atoms with Crippen LogP contribution in [0.4, 0.5) is 11.4 Å². The minimum atomic E-state index is -0.516. The zero-order valence-corrected chi connectivity index (χ0v) is 10.3. The summed E-state index contributed by atoms with van der Waals surface area (Å²) >= 11 is 0. The molecule has 2 N–H and O–H groups in total. The van der Waals surface area contributed by atoms with Gasteiger partial charge in [-0.2, -0.15) is 0 Å². The number of aliphatic hydroxyl groups excluding tert-OH is 1. The molecular weight excluding hydrogens is 266 g/mol. The van der Waals surface area contributed by atoms with Crippen molar-refractivity contribution < 1.29 is 14.8 Å². The third kappa shape index (κ3) is 3.36. The van der Waals surface area contributed by atoms with Crippen LogP contribution in [0.5, 0.6) is 0 Å². The molecule has 0 spiro atoms. The lowest BCUT2D eigenvalue weighted by Crippen LogP contribution is -2.19. The molecule has 9 heteroatoms. The number of hydrogen-bond donors (Lipinski definition) is 2. The van der Waals surface area contributed by atoms with Crippen LogP contribution < -0.4 is 5.32 Å². The molecule has 2 aromatic rings. The Morgan fingerprint density at radius 3 is 2.65 bits per heavy atom. The first-order valence-electron chi connectivity index (χ1n) is 5.62. The quantitative estimate of drug-likeness (QED) is 0.599. The van der Waals surface area contributed by atoms with Gasteiger partial charge in [-0.1, -0.05) is 5.21 Å². The van der Waals surface area contributed by atoms with Crippen LogP contribution in [0.1, 0.15) is 5.69 Å². The number of rotatable bonds is 5. The standard InChI is InChI=1S/C11H11N5O4/c17-7-9-5-15(14-13-9)6-11(18)12-8-1-3-10(4-2-8)16(19)20/h1-5,17H,6-7H2,(H,12,18). The van der Waals surface area contributed by atoms with Gasteiger partial charge in [-0.05, 0) is 12.1 Å². The van der Waals surface area contributed by atoms with Crippen LogP contribution >= 0.6 is 0 Å². The van der Waals surface area contributed by atoms with E-state index < -0.39 is 4.92 Å². The highest BCUT2D eigenvalue weighted by Crippen LogP contribution is 2.15. The molecule has 0 unspecified atom stereocenters. The monoisotopic (exact) mass is 277 g/mol. The van der Waals surface area contributed by atoms with Crippen molar-refractivity contribution in [3.05, 3.63) is 46.3 Å². The Balaban J connectivity index is 1.95. The highest BCUT2D eigenvalue weighted by atomic mass is 16.6. The number of nitrogens with one attached hydrogen (secondary N) is 1. The molecule has 0 bridgehead atoms. The van der Waals surface area contributed by atoms with Gasteiger partial charge in [0.15, 0.2) is 0 Å². The fourth-order valence-electron chi connectivity index (χ4n) is 1.50. The van der Waals surface area contributed by atoms with Gasteiger partial charge in [-0.25, -0.2) is 4.68 Å². The maximum absolute atomic E-state index is 11.7. The number of non-ortho nitro benzene ring substituents is 1. The first-order chi connectivity index (χ1) is 9.58. The Morgan fingerprint density at radius 1 is 1.40 bits per heavy atom. The number of nitro groups is 1. The van der Waals surface area contributed by atoms with Crippen LogP contribution in [0.2, 0.25) is 0 Å². The van der Waals surface area contributed by atoms with E-state index in [1.807, 2.05) is 0 Å². The molecule has 0 saturated heterocycles. The fourth-order valence-corrected chi connectivity index (χ4v) is 1.50. The second-order valence-corrected chi connectivity index (χ2v) is 3.92. The molecule has 20 heavy (non-hydrogen) atoms. The molecule has 104 valence electrons. The van der Waals surface area contributed by atoms with Gasteiger partial charge in [-0.3, -0.25) is 14.9 Å². The molecule has 1 aromatic carbocycles. The Kier molecular flexibility index (Phi) is 4.01. The van der Waals surface area contributed by atoms with Crippen LogP contribution in [0.25, 0.3) is 0 Å². The van der Waals surface area contributed by atoms with Crippen LogP contribution in [-0.4, -0.2) is 30.9 Å². The minimum absolute atomic E-state index is 0.0492. The fraction of sp³-hybridized carbons (Fsp3) is 0.182. The van der Waals surface area contributed by atoms with Gasteiger partial charge in [0.05, 0.1) is 17.7 Å². The second-order valence-electron chi connectivity index (χ2n) is 3.92. The predicted molar refractivity (Wildman–Crippen MR) is 67.7 cm³/mol. The van der Waals surface area contributed by atoms with Crippen LogP contribution in [-0.2, 0) is 17.9 Å². The number of carbonyl (C=O) groups is 1. The summed E-state index contributed by atoms with van der Waals surface area (Å²) in [6.45, 7) is -0.312. The molecule has 0 radical (unpaired) electrons. The Morgan fingerprint density at radius 2 is 2.10 bits per heavy atom. The molecule has 1 heterocycles. The maximum atomic E-state index is 11.7. The number of nitrogens with zero attached hydrogens (tertiary/aromatic N) is 4. The van der Waals surface area contributed by atoms with Crippen molar-refractivity contribution in [2.45, 2.75) is 13.2 Å². The predicted octanol–water partition coefficient (Wildman–Crippen LogP) is 0.317. The van der Waals surface area contributed by atoms with Crippen molar-refractivity contribution in [2.75, 3.05) is 5.32 Å². The van der Waals surface area contributed by atoms with Crippen LogP contribution in [0, 0.1) is 10.1 Å². The molecule has 0 aliphatic heterocycles. The normalized spacial score (nSPS) is 10.2. The van der Waals surface area contributed by atoms with E-state index in [1.165, 1.54) is 35.1 Å². The van der Waals surface area contributed by atoms with Gasteiger partial charge in [0.25, 0.3) is 5.69 Å². The number of anilines is 1. The molecular formula is C11H11N5O4. The topological polar surface area (TPSA) is 123 Å². The average Bonchev–Trinajstić information content (AvgIpc) is 2.86. The summed E-state index contributed by atoms with van der Waals surface area (Å²) in [7, 11) is 0. The van der Waals surface area contributed by atoms with Gasteiger partial charge in [0.1, 0.15) is 12.2 Å². The van der Waals surface area contributed by atoms with Crippen LogP contribution in [0.3, 0.4) is 0 Å². The van der Waals surface area contributed by atoms with E-state index in [4.69, 9.17) is 5.11 Å². The van der Waals surface area contributed by atoms with Crippen molar-refractivity contribution in [1.29, 1.82) is 0 Å². The maximum Gasteiger partial charge on any atom is 0.269 e. The molecule has 0 saturated carbocycles. The number of benzene rings is 1. The number of amides is 1. The average molecular weight is 277 g/mol. The summed E-state index contributed by atoms with van der Waals surface area (Å²) in [4.78, 5) is 21.7. The largest absolute Gasteiger partial charge is 0.390 e. The minimum Gasteiger partial charge on any atom is -0.390 e. The number of hydrogen-bond acceptors (Lipinski definition) is 6. The Labute approximate surface area is 113 Å². The lowest BCUT2D eigenvalue weighted by atomic mass is 10.3. The number of aromatic nitrogens is 3. The van der Waals surface area contributed by atoms with E-state index in [9.17, 15) is 14.9 Å². The molecule has 0 aliphatic carbocycles. The Hall–Kier alpha value is -2.81. The molecule has 1 aromatic heterocycles. The van der Waals surface area contributed by atoms with Crippen molar-refractivity contribution in [2.24, 2.45) is 0 Å². The van der Waals surface area contributed by atoms with Crippen molar-refractivity contribution in [1.82, 2.24) is 15.0 Å². The van der Waals surface area contributed by atoms with E-state index in [0.29, 0.717) is 11.4 Å². The smallest absolute Gasteiger partial charge is 0.269 e. The number of aliphatic hydroxyl groups is 1. The lowest BCUT2D eigenvalue weighted by molar-refractivity contribution is -0.384. The summed E-state index contributed by atoms with van der Waals surface area (Å²) in [6.07, 6.45) is 1.45. The Bertz CT molecular complexity index is 622. The third-order valence-electron chi connectivity index (χ3n) is 2.42. The third-order valence-corrected chi connectivity index (χ3v) is 2.42. The van der Waals surface area contributed by atoms with Gasteiger partial charge in [-0.15, -0.1) is 5.10 Å². The molecule has 0 atom stereocenters. The van der Waals surface area contributed by atoms with Gasteiger partial charge in [0.2, 0.25) is 5.91 Å². The van der Waals surface area contributed by atoms with Crippen molar-refractivity contribution >= 4 is 17.3 Å². The van der Waals surface area contributed by atoms with E-state index >= 15 is 0 Å². The molecule has 9 nitrogen and oxygen atoms in total. The van der Waals surface area contributed by atoms with Crippen LogP contribution in [0.15, 0.2) is 30.5 Å². The number of carbonyl (C=O) groups excluding carboxylic acids is 1. The van der Waals surface area contributed by atoms with E-state index in [-0.39, 0.29) is 24.7 Å². The van der Waals surface area contributed by atoms with E-state index in [0.717, 1.165) is 0 Å². The zero-order valence-electron chi connectivity index (χ0n) is 10.3. The molecule has 0 fully saturated rings. The molecule has 0 aliphatic rings. The van der Waals surface area contributed by atoms with Gasteiger partial charge < -0.3 is 10.4 Å². The summed E-state index contributed by atoms with van der Waals surface area (Å²) in [5.74, 6) is -0.353. The van der Waals surface area contributed by atoms with Gasteiger partial charge >= 0.3 is 0 Å².